The normalized spacial score (nSPS) is 11.9. The third-order valence-electron chi connectivity index (χ3n) is 1.96. The highest BCUT2D eigenvalue weighted by Crippen LogP contribution is 2.21. The first kappa shape index (κ1) is 12.6. The van der Waals surface area contributed by atoms with Crippen molar-refractivity contribution in [3.8, 4) is 0 Å². The standard InChI is InChI=1S/C10H9BrN2S.ClH/c11-9-3-1-2-8(13-9)10(12)7-4-5-14-6-7;/h1-6,10H,12H2;1H/t10-;/m0./s1. The van der Waals surface area contributed by atoms with Crippen molar-refractivity contribution in [1.82, 2.24) is 4.98 Å². The Kier molecular flexibility index (Phi) is 4.73. The van der Waals surface area contributed by atoms with Gasteiger partial charge in [0.05, 0.1) is 11.7 Å². The van der Waals surface area contributed by atoms with Crippen molar-refractivity contribution in [3.63, 3.8) is 0 Å². The molecule has 0 bridgehead atoms. The molecule has 2 heterocycles. The fourth-order valence-corrected chi connectivity index (χ4v) is 2.27. The highest BCUT2D eigenvalue weighted by molar-refractivity contribution is 9.10. The van der Waals surface area contributed by atoms with Crippen LogP contribution in [0.4, 0.5) is 0 Å². The lowest BCUT2D eigenvalue weighted by Gasteiger charge is -2.08. The number of hydrogen-bond acceptors (Lipinski definition) is 3. The Labute approximate surface area is 107 Å². The molecular formula is C10H10BrClN2S. The van der Waals surface area contributed by atoms with Gasteiger partial charge in [0, 0.05) is 0 Å². The number of nitrogens with two attached hydrogens (primary N) is 1. The second kappa shape index (κ2) is 5.61. The van der Waals surface area contributed by atoms with Crippen LogP contribution in [0, 0.1) is 0 Å². The summed E-state index contributed by atoms with van der Waals surface area (Å²) in [7, 11) is 0. The Bertz CT molecular complexity index is 419. The highest BCUT2D eigenvalue weighted by atomic mass is 79.9. The third kappa shape index (κ3) is 3.01. The van der Waals surface area contributed by atoms with Gasteiger partial charge >= 0.3 is 0 Å². The molecule has 0 aliphatic rings. The fraction of sp³-hybridized carbons (Fsp3) is 0.100. The molecule has 2 N–H and O–H groups in total. The summed E-state index contributed by atoms with van der Waals surface area (Å²) in [5.74, 6) is 0. The first-order valence-corrected chi connectivity index (χ1v) is 5.91. The maximum atomic E-state index is 6.05. The van der Waals surface area contributed by atoms with E-state index >= 15 is 0 Å². The lowest BCUT2D eigenvalue weighted by Crippen LogP contribution is -2.12. The predicted octanol–water partition coefficient (Wildman–Crippen LogP) is 3.38. The Morgan fingerprint density at radius 3 is 2.73 bits per heavy atom. The van der Waals surface area contributed by atoms with Crippen LogP contribution in [0.5, 0.6) is 0 Å². The lowest BCUT2D eigenvalue weighted by atomic mass is 10.1. The van der Waals surface area contributed by atoms with Crippen LogP contribution in [0.3, 0.4) is 0 Å². The molecular weight excluding hydrogens is 296 g/mol. The van der Waals surface area contributed by atoms with Crippen LogP contribution in [-0.4, -0.2) is 4.98 Å². The van der Waals surface area contributed by atoms with Crippen molar-refractivity contribution >= 4 is 39.7 Å². The van der Waals surface area contributed by atoms with E-state index < -0.39 is 0 Å². The number of hydrogen-bond donors (Lipinski definition) is 1. The summed E-state index contributed by atoms with van der Waals surface area (Å²) in [5.41, 5.74) is 8.05. The van der Waals surface area contributed by atoms with Gasteiger partial charge in [-0.25, -0.2) is 4.98 Å². The average molecular weight is 306 g/mol. The summed E-state index contributed by atoms with van der Waals surface area (Å²) in [4.78, 5) is 4.33. The van der Waals surface area contributed by atoms with Gasteiger partial charge < -0.3 is 5.73 Å². The van der Waals surface area contributed by atoms with E-state index in [9.17, 15) is 0 Å². The summed E-state index contributed by atoms with van der Waals surface area (Å²) in [5, 5.41) is 4.07. The Balaban J connectivity index is 0.00000112. The van der Waals surface area contributed by atoms with Gasteiger partial charge in [-0.2, -0.15) is 11.3 Å². The number of thiophene rings is 1. The minimum Gasteiger partial charge on any atom is -0.319 e. The van der Waals surface area contributed by atoms with Gasteiger partial charge in [0.15, 0.2) is 0 Å². The van der Waals surface area contributed by atoms with E-state index in [1.807, 2.05) is 35.0 Å². The largest absolute Gasteiger partial charge is 0.319 e. The molecule has 2 rings (SSSR count). The first-order chi connectivity index (χ1) is 6.77. The Morgan fingerprint density at radius 1 is 1.33 bits per heavy atom. The maximum absolute atomic E-state index is 6.05. The molecule has 5 heteroatoms. The first-order valence-electron chi connectivity index (χ1n) is 4.17. The SMILES string of the molecule is Cl.N[C@@H](c1ccsc1)c1cccc(Br)n1. The quantitative estimate of drug-likeness (QED) is 0.864. The van der Waals surface area contributed by atoms with Crippen molar-refractivity contribution in [2.45, 2.75) is 6.04 Å². The van der Waals surface area contributed by atoms with E-state index in [1.165, 1.54) is 0 Å². The molecule has 0 radical (unpaired) electrons. The average Bonchev–Trinajstić information content (AvgIpc) is 2.69. The molecule has 1 atom stereocenters. The monoisotopic (exact) mass is 304 g/mol. The number of pyridine rings is 1. The van der Waals surface area contributed by atoms with E-state index in [1.54, 1.807) is 11.3 Å². The van der Waals surface area contributed by atoms with E-state index in [-0.39, 0.29) is 18.4 Å². The number of aromatic nitrogens is 1. The van der Waals surface area contributed by atoms with Gasteiger partial charge in [0.1, 0.15) is 4.60 Å². The van der Waals surface area contributed by atoms with Crippen LogP contribution < -0.4 is 5.73 Å². The van der Waals surface area contributed by atoms with Gasteiger partial charge in [-0.1, -0.05) is 6.07 Å². The van der Waals surface area contributed by atoms with Crippen molar-refractivity contribution in [2.24, 2.45) is 5.73 Å². The van der Waals surface area contributed by atoms with Crippen LogP contribution in [0.1, 0.15) is 17.3 Å². The number of nitrogens with zero attached hydrogens (tertiary/aromatic N) is 1. The summed E-state index contributed by atoms with van der Waals surface area (Å²) < 4.78 is 0.820. The van der Waals surface area contributed by atoms with Crippen LogP contribution in [0.15, 0.2) is 39.6 Å². The molecule has 80 valence electrons. The topological polar surface area (TPSA) is 38.9 Å². The van der Waals surface area contributed by atoms with E-state index in [4.69, 9.17) is 5.73 Å². The molecule has 2 aromatic rings. The Hall–Kier alpha value is -0.420. The molecule has 0 saturated heterocycles. The maximum Gasteiger partial charge on any atom is 0.106 e. The smallest absolute Gasteiger partial charge is 0.106 e. The molecule has 0 fully saturated rings. The van der Waals surface area contributed by atoms with E-state index in [0.29, 0.717) is 0 Å². The van der Waals surface area contributed by atoms with Crippen molar-refractivity contribution in [1.29, 1.82) is 0 Å². The molecule has 0 spiro atoms. The zero-order chi connectivity index (χ0) is 9.97. The predicted molar refractivity (Wildman–Crippen MR) is 69.5 cm³/mol. The highest BCUT2D eigenvalue weighted by Gasteiger charge is 2.10. The molecule has 0 saturated carbocycles. The fourth-order valence-electron chi connectivity index (χ4n) is 1.22. The lowest BCUT2D eigenvalue weighted by molar-refractivity contribution is 0.829. The molecule has 0 unspecified atom stereocenters. The molecule has 15 heavy (non-hydrogen) atoms. The molecule has 0 aliphatic carbocycles. The minimum absolute atomic E-state index is 0. The van der Waals surface area contributed by atoms with Crippen LogP contribution in [0.25, 0.3) is 0 Å². The zero-order valence-electron chi connectivity index (χ0n) is 7.76. The summed E-state index contributed by atoms with van der Waals surface area (Å²) in [6, 6.07) is 7.67. The Morgan fingerprint density at radius 2 is 2.13 bits per heavy atom. The summed E-state index contributed by atoms with van der Waals surface area (Å²) in [6.45, 7) is 0. The van der Waals surface area contributed by atoms with Gasteiger partial charge in [-0.05, 0) is 50.5 Å². The second-order valence-corrected chi connectivity index (χ2v) is 4.51. The van der Waals surface area contributed by atoms with Crippen LogP contribution >= 0.6 is 39.7 Å². The van der Waals surface area contributed by atoms with Crippen molar-refractivity contribution in [3.05, 3.63) is 50.9 Å². The molecule has 2 nitrogen and oxygen atoms in total. The number of halogens is 2. The van der Waals surface area contributed by atoms with Crippen molar-refractivity contribution in [2.75, 3.05) is 0 Å². The van der Waals surface area contributed by atoms with Gasteiger partial charge in [-0.15, -0.1) is 12.4 Å². The second-order valence-electron chi connectivity index (χ2n) is 2.92. The minimum atomic E-state index is -0.126. The van der Waals surface area contributed by atoms with Crippen LogP contribution in [-0.2, 0) is 0 Å². The molecule has 0 amide bonds. The van der Waals surface area contributed by atoms with E-state index in [0.717, 1.165) is 15.9 Å². The van der Waals surface area contributed by atoms with Crippen LogP contribution in [0.2, 0.25) is 0 Å². The number of rotatable bonds is 2. The zero-order valence-corrected chi connectivity index (χ0v) is 11.0. The van der Waals surface area contributed by atoms with Gasteiger partial charge in [0.25, 0.3) is 0 Å². The molecule has 0 aromatic carbocycles. The van der Waals surface area contributed by atoms with Gasteiger partial charge in [0.2, 0.25) is 0 Å². The molecule has 2 aromatic heterocycles. The third-order valence-corrected chi connectivity index (χ3v) is 3.10. The van der Waals surface area contributed by atoms with Crippen molar-refractivity contribution < 1.29 is 0 Å². The van der Waals surface area contributed by atoms with E-state index in [2.05, 4.69) is 20.9 Å². The summed E-state index contributed by atoms with van der Waals surface area (Å²) >= 11 is 4.98. The summed E-state index contributed by atoms with van der Waals surface area (Å²) in [6.07, 6.45) is 0. The molecule has 0 aliphatic heterocycles. The van der Waals surface area contributed by atoms with Gasteiger partial charge in [-0.3, -0.25) is 0 Å².